The first-order valence-electron chi connectivity index (χ1n) is 5.06. The maximum atomic E-state index is 11.7. The van der Waals surface area contributed by atoms with E-state index in [9.17, 15) is 9.59 Å². The molecular formula is C10H17NO5. The van der Waals surface area contributed by atoms with E-state index in [4.69, 9.17) is 14.6 Å². The normalized spacial score (nSPS) is 25.6. The second-order valence-electron chi connectivity index (χ2n) is 4.73. The van der Waals surface area contributed by atoms with Gasteiger partial charge in [-0.25, -0.2) is 9.59 Å². The summed E-state index contributed by atoms with van der Waals surface area (Å²) in [7, 11) is 0. The van der Waals surface area contributed by atoms with Gasteiger partial charge in [0.25, 0.3) is 0 Å². The van der Waals surface area contributed by atoms with E-state index in [1.807, 2.05) is 0 Å². The number of aliphatic carboxylic acids is 1. The van der Waals surface area contributed by atoms with Crippen molar-refractivity contribution in [3.8, 4) is 0 Å². The van der Waals surface area contributed by atoms with E-state index in [1.54, 1.807) is 27.7 Å². The molecule has 1 N–H and O–H groups in total. The minimum Gasteiger partial charge on any atom is -0.480 e. The van der Waals surface area contributed by atoms with E-state index in [2.05, 4.69) is 0 Å². The zero-order valence-electron chi connectivity index (χ0n) is 9.89. The first-order chi connectivity index (χ1) is 7.22. The van der Waals surface area contributed by atoms with Crippen LogP contribution in [0.5, 0.6) is 0 Å². The minimum atomic E-state index is -1.09. The van der Waals surface area contributed by atoms with Crippen molar-refractivity contribution in [1.82, 2.24) is 4.90 Å². The number of amides is 1. The van der Waals surface area contributed by atoms with Crippen LogP contribution in [0, 0.1) is 0 Å². The van der Waals surface area contributed by atoms with E-state index in [1.165, 1.54) is 0 Å². The van der Waals surface area contributed by atoms with Crippen molar-refractivity contribution in [2.24, 2.45) is 0 Å². The third-order valence-corrected chi connectivity index (χ3v) is 2.14. The standard InChI is InChI=1S/C10H17NO5/c1-6-7(8(12)13)11(5-15-6)9(14)16-10(2,3)4/h6-7H,5H2,1-4H3,(H,12,13)/t6-,7+/m1/s1. The Kier molecular flexibility index (Phi) is 3.42. The van der Waals surface area contributed by atoms with Gasteiger partial charge in [0.2, 0.25) is 0 Å². The third-order valence-electron chi connectivity index (χ3n) is 2.14. The van der Waals surface area contributed by atoms with Crippen LogP contribution in [0.15, 0.2) is 0 Å². The first kappa shape index (κ1) is 12.8. The second-order valence-corrected chi connectivity index (χ2v) is 4.73. The van der Waals surface area contributed by atoms with Gasteiger partial charge in [-0.2, -0.15) is 0 Å². The zero-order chi connectivity index (χ0) is 12.5. The summed E-state index contributed by atoms with van der Waals surface area (Å²) in [5.41, 5.74) is -0.647. The fourth-order valence-electron chi connectivity index (χ4n) is 1.44. The Hall–Kier alpha value is -1.30. The van der Waals surface area contributed by atoms with Crippen molar-refractivity contribution in [2.45, 2.75) is 45.4 Å². The zero-order valence-corrected chi connectivity index (χ0v) is 9.89. The lowest BCUT2D eigenvalue weighted by atomic mass is 10.2. The summed E-state index contributed by atoms with van der Waals surface area (Å²) in [4.78, 5) is 23.7. The number of carbonyl (C=O) groups excluding carboxylic acids is 1. The monoisotopic (exact) mass is 231 g/mol. The van der Waals surface area contributed by atoms with Crippen LogP contribution in [-0.4, -0.2) is 46.5 Å². The van der Waals surface area contributed by atoms with Gasteiger partial charge in [0.15, 0.2) is 6.04 Å². The number of carboxylic acid groups (broad SMARTS) is 1. The topological polar surface area (TPSA) is 76.1 Å². The average Bonchev–Trinajstić information content (AvgIpc) is 2.43. The Labute approximate surface area is 94.1 Å². The number of rotatable bonds is 1. The van der Waals surface area contributed by atoms with E-state index < -0.39 is 29.8 Å². The number of carbonyl (C=O) groups is 2. The molecule has 0 aromatic heterocycles. The van der Waals surface area contributed by atoms with Gasteiger partial charge < -0.3 is 14.6 Å². The van der Waals surface area contributed by atoms with Crippen molar-refractivity contribution in [3.63, 3.8) is 0 Å². The van der Waals surface area contributed by atoms with E-state index in [0.717, 1.165) is 4.90 Å². The molecule has 1 aliphatic heterocycles. The van der Waals surface area contributed by atoms with Gasteiger partial charge in [0.05, 0.1) is 6.10 Å². The molecule has 0 bridgehead atoms. The molecular weight excluding hydrogens is 214 g/mol. The maximum Gasteiger partial charge on any atom is 0.412 e. The number of hydrogen-bond donors (Lipinski definition) is 1. The fourth-order valence-corrected chi connectivity index (χ4v) is 1.44. The molecule has 1 heterocycles. The van der Waals surface area contributed by atoms with Crippen LogP contribution in [-0.2, 0) is 14.3 Å². The van der Waals surface area contributed by atoms with Crippen LogP contribution in [0.4, 0.5) is 4.79 Å². The Morgan fingerprint density at radius 3 is 2.44 bits per heavy atom. The predicted octanol–water partition coefficient (Wildman–Crippen LogP) is 1.05. The van der Waals surface area contributed by atoms with Crippen LogP contribution in [0.2, 0.25) is 0 Å². The molecule has 0 aliphatic carbocycles. The molecule has 0 spiro atoms. The van der Waals surface area contributed by atoms with Crippen LogP contribution < -0.4 is 0 Å². The highest BCUT2D eigenvalue weighted by Crippen LogP contribution is 2.20. The Balaban J connectivity index is 2.73. The summed E-state index contributed by atoms with van der Waals surface area (Å²) in [6, 6.07) is -0.977. The Bertz CT molecular complexity index is 296. The summed E-state index contributed by atoms with van der Waals surface area (Å²) in [5, 5.41) is 8.97. The van der Waals surface area contributed by atoms with Gasteiger partial charge in [-0.1, -0.05) is 0 Å². The average molecular weight is 231 g/mol. The number of carboxylic acids is 1. The molecule has 0 saturated carbocycles. The van der Waals surface area contributed by atoms with Gasteiger partial charge >= 0.3 is 12.1 Å². The quantitative estimate of drug-likeness (QED) is 0.730. The van der Waals surface area contributed by atoms with Gasteiger partial charge in [0, 0.05) is 0 Å². The highest BCUT2D eigenvalue weighted by atomic mass is 16.6. The van der Waals surface area contributed by atoms with E-state index >= 15 is 0 Å². The number of ether oxygens (including phenoxy) is 2. The summed E-state index contributed by atoms with van der Waals surface area (Å²) >= 11 is 0. The maximum absolute atomic E-state index is 11.7. The minimum absolute atomic E-state index is 0.0486. The lowest BCUT2D eigenvalue weighted by molar-refractivity contribution is -0.142. The van der Waals surface area contributed by atoms with E-state index in [0.29, 0.717) is 0 Å². The Morgan fingerprint density at radius 1 is 1.44 bits per heavy atom. The van der Waals surface area contributed by atoms with Crippen molar-refractivity contribution in [3.05, 3.63) is 0 Å². The molecule has 0 radical (unpaired) electrons. The van der Waals surface area contributed by atoms with Crippen molar-refractivity contribution in [2.75, 3.05) is 6.73 Å². The van der Waals surface area contributed by atoms with Crippen LogP contribution in [0.25, 0.3) is 0 Å². The lowest BCUT2D eigenvalue weighted by Crippen LogP contribution is -2.46. The highest BCUT2D eigenvalue weighted by molar-refractivity contribution is 5.81. The van der Waals surface area contributed by atoms with Gasteiger partial charge in [-0.15, -0.1) is 0 Å². The lowest BCUT2D eigenvalue weighted by Gasteiger charge is -2.26. The van der Waals surface area contributed by atoms with Gasteiger partial charge in [-0.05, 0) is 27.7 Å². The molecule has 1 amide bonds. The van der Waals surface area contributed by atoms with E-state index in [-0.39, 0.29) is 6.73 Å². The molecule has 6 nitrogen and oxygen atoms in total. The molecule has 1 saturated heterocycles. The summed E-state index contributed by atoms with van der Waals surface area (Å²) in [5.74, 6) is -1.09. The van der Waals surface area contributed by atoms with Gasteiger partial charge in [0.1, 0.15) is 12.3 Å². The molecule has 1 aliphatic rings. The highest BCUT2D eigenvalue weighted by Gasteiger charge is 2.42. The molecule has 2 atom stereocenters. The third kappa shape index (κ3) is 2.85. The van der Waals surface area contributed by atoms with Crippen LogP contribution >= 0.6 is 0 Å². The van der Waals surface area contributed by atoms with Crippen molar-refractivity contribution >= 4 is 12.1 Å². The molecule has 1 rings (SSSR count). The second kappa shape index (κ2) is 4.29. The van der Waals surface area contributed by atoms with Crippen LogP contribution in [0.3, 0.4) is 0 Å². The molecule has 0 unspecified atom stereocenters. The number of hydrogen-bond acceptors (Lipinski definition) is 4. The first-order valence-corrected chi connectivity index (χ1v) is 5.06. The van der Waals surface area contributed by atoms with Crippen molar-refractivity contribution < 1.29 is 24.2 Å². The predicted molar refractivity (Wildman–Crippen MR) is 54.9 cm³/mol. The largest absolute Gasteiger partial charge is 0.480 e. The molecule has 0 aromatic rings. The summed E-state index contributed by atoms with van der Waals surface area (Å²) < 4.78 is 10.2. The molecule has 0 aromatic carbocycles. The number of nitrogens with zero attached hydrogens (tertiary/aromatic N) is 1. The van der Waals surface area contributed by atoms with Gasteiger partial charge in [-0.3, -0.25) is 4.90 Å². The molecule has 16 heavy (non-hydrogen) atoms. The van der Waals surface area contributed by atoms with Crippen LogP contribution in [0.1, 0.15) is 27.7 Å². The molecule has 1 fully saturated rings. The van der Waals surface area contributed by atoms with Crippen molar-refractivity contribution in [1.29, 1.82) is 0 Å². The Morgan fingerprint density at radius 2 is 2.00 bits per heavy atom. The molecule has 6 heteroatoms. The molecule has 92 valence electrons. The fraction of sp³-hybridized carbons (Fsp3) is 0.800. The summed E-state index contributed by atoms with van der Waals surface area (Å²) in [6.07, 6.45) is -1.19. The smallest absolute Gasteiger partial charge is 0.412 e. The summed E-state index contributed by atoms with van der Waals surface area (Å²) in [6.45, 7) is 6.74. The SMILES string of the molecule is C[C@H]1OCN(C(=O)OC(C)(C)C)[C@@H]1C(=O)O.